The maximum atomic E-state index is 12.4. The Morgan fingerprint density at radius 3 is 2.77 bits per heavy atom. The molecule has 26 heavy (non-hydrogen) atoms. The molecule has 0 radical (unpaired) electrons. The van der Waals surface area contributed by atoms with Gasteiger partial charge in [0.1, 0.15) is 6.61 Å². The van der Waals surface area contributed by atoms with Gasteiger partial charge in [-0.15, -0.1) is 10.2 Å². The Labute approximate surface area is 158 Å². The summed E-state index contributed by atoms with van der Waals surface area (Å²) in [5, 5.41) is 15.6. The highest BCUT2D eigenvalue weighted by Gasteiger charge is 2.20. The number of benzene rings is 1. The first-order valence-corrected chi connectivity index (χ1v) is 8.25. The highest BCUT2D eigenvalue weighted by Crippen LogP contribution is 2.36. The van der Waals surface area contributed by atoms with Crippen LogP contribution in [0.4, 0.5) is 0 Å². The third-order valence-corrected chi connectivity index (χ3v) is 4.03. The lowest BCUT2D eigenvalue weighted by atomic mass is 10.2. The zero-order valence-corrected chi connectivity index (χ0v) is 15.4. The first-order chi connectivity index (χ1) is 12.5. The molecule has 0 saturated carbocycles. The van der Waals surface area contributed by atoms with Crippen molar-refractivity contribution in [3.05, 3.63) is 45.8 Å². The Morgan fingerprint density at radius 2 is 2.12 bits per heavy atom. The predicted octanol–water partition coefficient (Wildman–Crippen LogP) is 2.32. The maximum Gasteiger partial charge on any atom is 0.346 e. The van der Waals surface area contributed by atoms with Gasteiger partial charge in [0.2, 0.25) is 5.88 Å². The molecule has 0 aliphatic carbocycles. The molecule has 136 valence electrons. The molecule has 0 fully saturated rings. The third kappa shape index (κ3) is 3.94. The minimum atomic E-state index is -0.641. The van der Waals surface area contributed by atoms with Crippen LogP contribution in [0.5, 0.6) is 11.6 Å². The number of aryl methyl sites for hydroxylation is 2. The quantitative estimate of drug-likeness (QED) is 0.589. The van der Waals surface area contributed by atoms with Crippen LogP contribution in [-0.4, -0.2) is 42.6 Å². The number of nitrogens with zero attached hydrogens (tertiary/aromatic N) is 6. The standard InChI is InChI=1S/C15H14Cl2N6O3/c1-9-7-12(22(2)20-9)26-15(24)10-3-4-11(16)14(13(10)17)25-6-5-23-19-8-18-21-23/h3-4,7-8H,5-6H2,1-2H3. The molecule has 0 N–H and O–H groups in total. The van der Waals surface area contributed by atoms with Gasteiger partial charge in [-0.2, -0.15) is 9.90 Å². The van der Waals surface area contributed by atoms with E-state index in [1.807, 2.05) is 0 Å². The summed E-state index contributed by atoms with van der Waals surface area (Å²) in [6.07, 6.45) is 1.32. The first-order valence-electron chi connectivity index (χ1n) is 7.50. The van der Waals surface area contributed by atoms with Crippen LogP contribution in [0.3, 0.4) is 0 Å². The minimum absolute atomic E-state index is 0.0629. The number of carbonyl (C=O) groups excluding carboxylic acids is 1. The highest BCUT2D eigenvalue weighted by atomic mass is 35.5. The summed E-state index contributed by atoms with van der Waals surface area (Å²) in [6, 6.07) is 4.63. The summed E-state index contributed by atoms with van der Waals surface area (Å²) in [4.78, 5) is 13.8. The number of rotatable bonds is 6. The molecule has 0 spiro atoms. The Bertz CT molecular complexity index is 926. The van der Waals surface area contributed by atoms with Crippen LogP contribution in [-0.2, 0) is 13.6 Å². The van der Waals surface area contributed by atoms with Crippen molar-refractivity contribution in [1.29, 1.82) is 0 Å². The van der Waals surface area contributed by atoms with Crippen molar-refractivity contribution in [2.75, 3.05) is 6.61 Å². The fourth-order valence-corrected chi connectivity index (χ4v) is 2.73. The monoisotopic (exact) mass is 396 g/mol. The predicted molar refractivity (Wildman–Crippen MR) is 92.7 cm³/mol. The van der Waals surface area contributed by atoms with Gasteiger partial charge in [-0.25, -0.2) is 9.48 Å². The van der Waals surface area contributed by atoms with E-state index in [0.29, 0.717) is 12.4 Å². The van der Waals surface area contributed by atoms with Gasteiger partial charge in [0.15, 0.2) is 12.1 Å². The normalized spacial score (nSPS) is 10.8. The lowest BCUT2D eigenvalue weighted by molar-refractivity contribution is 0.0720. The highest BCUT2D eigenvalue weighted by molar-refractivity contribution is 6.39. The summed E-state index contributed by atoms with van der Waals surface area (Å²) in [6.45, 7) is 2.33. The van der Waals surface area contributed by atoms with Gasteiger partial charge >= 0.3 is 5.97 Å². The van der Waals surface area contributed by atoms with Crippen molar-refractivity contribution >= 4 is 29.2 Å². The number of tetrazole rings is 1. The Kier molecular flexibility index (Phi) is 5.38. The molecule has 0 atom stereocenters. The van der Waals surface area contributed by atoms with Gasteiger partial charge in [-0.3, -0.25) is 0 Å². The van der Waals surface area contributed by atoms with Crippen molar-refractivity contribution in [1.82, 2.24) is 30.0 Å². The third-order valence-electron chi connectivity index (χ3n) is 3.35. The topological polar surface area (TPSA) is 97.0 Å². The lowest BCUT2D eigenvalue weighted by Crippen LogP contribution is -2.14. The number of esters is 1. The second-order valence-corrected chi connectivity index (χ2v) is 6.04. The fourth-order valence-electron chi connectivity index (χ4n) is 2.18. The SMILES string of the molecule is Cc1cc(OC(=O)c2ccc(Cl)c(OCCn3ncnn3)c2Cl)n(C)n1. The van der Waals surface area contributed by atoms with Crippen molar-refractivity contribution in [2.45, 2.75) is 13.5 Å². The Hall–Kier alpha value is -2.65. The Morgan fingerprint density at radius 1 is 1.31 bits per heavy atom. The molecule has 9 nitrogen and oxygen atoms in total. The largest absolute Gasteiger partial charge is 0.488 e. The van der Waals surface area contributed by atoms with Crippen LogP contribution in [0.25, 0.3) is 0 Å². The van der Waals surface area contributed by atoms with Crippen LogP contribution in [0.1, 0.15) is 16.1 Å². The number of ether oxygens (including phenoxy) is 2. The molecule has 0 unspecified atom stereocenters. The number of hydrogen-bond donors (Lipinski definition) is 0. The van der Waals surface area contributed by atoms with Crippen LogP contribution >= 0.6 is 23.2 Å². The van der Waals surface area contributed by atoms with E-state index >= 15 is 0 Å². The van der Waals surface area contributed by atoms with Crippen molar-refractivity contribution in [3.8, 4) is 11.6 Å². The van der Waals surface area contributed by atoms with Crippen LogP contribution in [0, 0.1) is 6.92 Å². The van der Waals surface area contributed by atoms with E-state index in [0.717, 1.165) is 5.69 Å². The van der Waals surface area contributed by atoms with Crippen LogP contribution < -0.4 is 9.47 Å². The summed E-state index contributed by atoms with van der Waals surface area (Å²) in [5.74, 6) is -0.153. The Balaban J connectivity index is 1.75. The number of aromatic nitrogens is 6. The van der Waals surface area contributed by atoms with Gasteiger partial charge in [0.05, 0.1) is 27.8 Å². The zero-order chi connectivity index (χ0) is 18.7. The fraction of sp³-hybridized carbons (Fsp3) is 0.267. The number of halogens is 2. The number of carbonyl (C=O) groups is 1. The van der Waals surface area contributed by atoms with E-state index < -0.39 is 5.97 Å². The van der Waals surface area contributed by atoms with E-state index in [1.165, 1.54) is 27.9 Å². The average molecular weight is 397 g/mol. The molecular weight excluding hydrogens is 383 g/mol. The molecule has 3 aromatic rings. The summed E-state index contributed by atoms with van der Waals surface area (Å²) in [5.41, 5.74) is 0.854. The van der Waals surface area contributed by atoms with Gasteiger partial charge in [0, 0.05) is 13.1 Å². The molecule has 11 heteroatoms. The molecule has 1 aromatic carbocycles. The van der Waals surface area contributed by atoms with Crippen molar-refractivity contribution in [2.24, 2.45) is 7.05 Å². The first kappa shape index (κ1) is 18.2. The lowest BCUT2D eigenvalue weighted by Gasteiger charge is -2.12. The zero-order valence-electron chi connectivity index (χ0n) is 13.9. The molecule has 0 saturated heterocycles. The maximum absolute atomic E-state index is 12.4. The summed E-state index contributed by atoms with van der Waals surface area (Å²) >= 11 is 12.4. The van der Waals surface area contributed by atoms with E-state index in [9.17, 15) is 4.79 Å². The molecular formula is C15H14Cl2N6O3. The minimum Gasteiger partial charge on any atom is -0.488 e. The van der Waals surface area contributed by atoms with Crippen LogP contribution in [0.2, 0.25) is 10.0 Å². The van der Waals surface area contributed by atoms with E-state index in [2.05, 4.69) is 20.5 Å². The molecule has 0 bridgehead atoms. The van der Waals surface area contributed by atoms with Crippen LogP contribution in [0.15, 0.2) is 24.5 Å². The van der Waals surface area contributed by atoms with Gasteiger partial charge in [-0.05, 0) is 24.3 Å². The second kappa shape index (κ2) is 7.71. The van der Waals surface area contributed by atoms with E-state index in [1.54, 1.807) is 20.0 Å². The molecule has 3 rings (SSSR count). The smallest absolute Gasteiger partial charge is 0.346 e. The van der Waals surface area contributed by atoms with Crippen molar-refractivity contribution in [3.63, 3.8) is 0 Å². The van der Waals surface area contributed by atoms with Crippen molar-refractivity contribution < 1.29 is 14.3 Å². The van der Waals surface area contributed by atoms with Gasteiger partial charge < -0.3 is 9.47 Å². The van der Waals surface area contributed by atoms with Gasteiger partial charge in [0.25, 0.3) is 0 Å². The molecule has 0 aliphatic rings. The molecule has 2 heterocycles. The van der Waals surface area contributed by atoms with Gasteiger partial charge in [-0.1, -0.05) is 23.2 Å². The number of hydrogen-bond acceptors (Lipinski definition) is 7. The average Bonchev–Trinajstić information content (AvgIpc) is 3.20. The molecule has 0 amide bonds. The van der Waals surface area contributed by atoms with E-state index in [4.69, 9.17) is 32.7 Å². The summed E-state index contributed by atoms with van der Waals surface area (Å²) < 4.78 is 12.4. The second-order valence-electron chi connectivity index (χ2n) is 5.26. The molecule has 0 aliphatic heterocycles. The molecule has 2 aromatic heterocycles. The van der Waals surface area contributed by atoms with E-state index in [-0.39, 0.29) is 28.0 Å². The summed E-state index contributed by atoms with van der Waals surface area (Å²) in [7, 11) is 1.67.